The number of para-hydroxylation sites is 2. The number of esters is 1. The summed E-state index contributed by atoms with van der Waals surface area (Å²) in [4.78, 5) is 24.1. The van der Waals surface area contributed by atoms with E-state index in [9.17, 15) is 9.59 Å². The zero-order chi connectivity index (χ0) is 19.3. The predicted octanol–water partition coefficient (Wildman–Crippen LogP) is 3.78. The van der Waals surface area contributed by atoms with Gasteiger partial charge in [-0.15, -0.1) is 0 Å². The number of carbonyl (C=O) groups excluding carboxylic acids is 1. The third kappa shape index (κ3) is 3.96. The van der Waals surface area contributed by atoms with Gasteiger partial charge >= 0.3 is 11.7 Å². The number of rotatable bonds is 6. The molecule has 0 saturated carbocycles. The average Bonchev–Trinajstić information content (AvgIpc) is 3.03. The van der Waals surface area contributed by atoms with Crippen LogP contribution in [0, 0.1) is 0 Å². The minimum Gasteiger partial charge on any atom is -0.489 e. The van der Waals surface area contributed by atoms with Crippen molar-refractivity contribution in [2.75, 3.05) is 0 Å². The molecule has 4 rings (SSSR count). The molecule has 6 heteroatoms. The molecule has 0 bridgehead atoms. The monoisotopic (exact) mass is 375 g/mol. The van der Waals surface area contributed by atoms with Gasteiger partial charge in [-0.05, 0) is 42.0 Å². The summed E-state index contributed by atoms with van der Waals surface area (Å²) in [5, 5.41) is 0. The molecule has 0 spiro atoms. The van der Waals surface area contributed by atoms with Crippen molar-refractivity contribution in [3.05, 3.63) is 95.0 Å². The normalized spacial score (nSPS) is 10.7. The lowest BCUT2D eigenvalue weighted by Gasteiger charge is -2.08. The summed E-state index contributed by atoms with van der Waals surface area (Å²) < 4.78 is 17.4. The highest BCUT2D eigenvalue weighted by atomic mass is 16.5. The number of hydrogen-bond acceptors (Lipinski definition) is 5. The van der Waals surface area contributed by atoms with Crippen LogP contribution in [0.15, 0.2) is 88.1 Å². The first-order valence-corrected chi connectivity index (χ1v) is 8.75. The van der Waals surface area contributed by atoms with E-state index in [1.807, 2.05) is 30.3 Å². The maximum absolute atomic E-state index is 12.2. The maximum atomic E-state index is 12.2. The first-order valence-electron chi connectivity index (χ1n) is 8.75. The number of ether oxygens (including phenoxy) is 2. The van der Waals surface area contributed by atoms with E-state index in [2.05, 4.69) is 0 Å². The van der Waals surface area contributed by atoms with Gasteiger partial charge in [0, 0.05) is 0 Å². The number of fused-ring (bicyclic) bond motifs is 1. The molecular weight excluding hydrogens is 358 g/mol. The van der Waals surface area contributed by atoms with E-state index in [4.69, 9.17) is 13.9 Å². The van der Waals surface area contributed by atoms with Gasteiger partial charge in [-0.1, -0.05) is 42.5 Å². The van der Waals surface area contributed by atoms with E-state index in [0.29, 0.717) is 29.2 Å². The molecule has 1 heterocycles. The van der Waals surface area contributed by atoms with Crippen LogP contribution in [-0.2, 0) is 17.9 Å². The highest BCUT2D eigenvalue weighted by Crippen LogP contribution is 2.19. The van der Waals surface area contributed by atoms with Crippen LogP contribution < -0.4 is 15.2 Å². The first kappa shape index (κ1) is 17.6. The Hall–Kier alpha value is -3.80. The molecule has 3 aromatic carbocycles. The van der Waals surface area contributed by atoms with Crippen molar-refractivity contribution < 1.29 is 18.7 Å². The number of carbonyl (C=O) groups is 1. The number of aromatic nitrogens is 1. The van der Waals surface area contributed by atoms with Crippen molar-refractivity contribution in [2.45, 2.75) is 13.2 Å². The van der Waals surface area contributed by atoms with Crippen LogP contribution in [-0.4, -0.2) is 10.5 Å². The molecule has 6 nitrogen and oxygen atoms in total. The lowest BCUT2D eigenvalue weighted by Crippen LogP contribution is -2.23. The number of hydrogen-bond donors (Lipinski definition) is 0. The smallest absolute Gasteiger partial charge is 0.420 e. The first-order chi connectivity index (χ1) is 13.7. The van der Waals surface area contributed by atoms with E-state index >= 15 is 0 Å². The van der Waals surface area contributed by atoms with Gasteiger partial charge in [0.1, 0.15) is 24.7 Å². The summed E-state index contributed by atoms with van der Waals surface area (Å²) in [6, 6.07) is 23.5. The van der Waals surface area contributed by atoms with Crippen molar-refractivity contribution in [2.24, 2.45) is 0 Å². The van der Waals surface area contributed by atoms with Gasteiger partial charge in [0.25, 0.3) is 0 Å². The molecule has 0 aliphatic rings. The van der Waals surface area contributed by atoms with Gasteiger partial charge in [0.05, 0.1) is 5.52 Å². The molecule has 0 N–H and O–H groups in total. The Morgan fingerprint density at radius 1 is 0.857 bits per heavy atom. The fraction of sp³-hybridized carbons (Fsp3) is 0.0909. The molecule has 140 valence electrons. The van der Waals surface area contributed by atoms with Crippen LogP contribution in [0.25, 0.3) is 11.1 Å². The Kier molecular flexibility index (Phi) is 4.93. The molecular formula is C22H17NO5. The minimum absolute atomic E-state index is 0.234. The molecule has 0 aliphatic heterocycles. The lowest BCUT2D eigenvalue weighted by atomic mass is 10.2. The van der Waals surface area contributed by atoms with Crippen LogP contribution in [0.5, 0.6) is 11.5 Å². The van der Waals surface area contributed by atoms with Crippen molar-refractivity contribution in [3.8, 4) is 11.5 Å². The Morgan fingerprint density at radius 2 is 1.54 bits per heavy atom. The second kappa shape index (κ2) is 7.84. The Bertz CT molecular complexity index is 1140. The van der Waals surface area contributed by atoms with Gasteiger partial charge in [0.15, 0.2) is 5.58 Å². The maximum Gasteiger partial charge on any atom is 0.420 e. The Balaban J connectivity index is 1.38. The molecule has 1 aromatic heterocycles. The van der Waals surface area contributed by atoms with Gasteiger partial charge in [-0.3, -0.25) is 4.57 Å². The van der Waals surface area contributed by atoms with Gasteiger partial charge in [-0.25, -0.2) is 9.59 Å². The predicted molar refractivity (Wildman–Crippen MR) is 103 cm³/mol. The van der Waals surface area contributed by atoms with E-state index in [1.54, 1.807) is 48.5 Å². The molecule has 0 unspecified atom stereocenters. The summed E-state index contributed by atoms with van der Waals surface area (Å²) in [6.45, 7) is 0.221. The van der Waals surface area contributed by atoms with Gasteiger partial charge < -0.3 is 13.9 Å². The topological polar surface area (TPSA) is 70.7 Å². The van der Waals surface area contributed by atoms with E-state index in [1.165, 1.54) is 4.57 Å². The number of oxazole rings is 1. The van der Waals surface area contributed by atoms with Crippen molar-refractivity contribution in [1.29, 1.82) is 0 Å². The van der Waals surface area contributed by atoms with Gasteiger partial charge in [-0.2, -0.15) is 0 Å². The molecule has 0 radical (unpaired) electrons. The van der Waals surface area contributed by atoms with Crippen LogP contribution in [0.4, 0.5) is 0 Å². The van der Waals surface area contributed by atoms with Crippen molar-refractivity contribution in [3.63, 3.8) is 0 Å². The molecule has 0 atom stereocenters. The highest BCUT2D eigenvalue weighted by Gasteiger charge is 2.13. The minimum atomic E-state index is -0.595. The quantitative estimate of drug-likeness (QED) is 0.379. The molecule has 28 heavy (non-hydrogen) atoms. The van der Waals surface area contributed by atoms with E-state index in [0.717, 1.165) is 5.56 Å². The molecule has 0 saturated heterocycles. The largest absolute Gasteiger partial charge is 0.489 e. The van der Waals surface area contributed by atoms with Crippen LogP contribution in [0.3, 0.4) is 0 Å². The van der Waals surface area contributed by atoms with Crippen LogP contribution in [0.1, 0.15) is 5.56 Å². The zero-order valence-corrected chi connectivity index (χ0v) is 14.9. The summed E-state index contributed by atoms with van der Waals surface area (Å²) in [7, 11) is 0. The lowest BCUT2D eigenvalue weighted by molar-refractivity contribution is -0.135. The third-order valence-corrected chi connectivity index (χ3v) is 4.16. The SMILES string of the molecule is O=C(Cn1c(=O)oc2ccccc21)Oc1ccc(OCc2ccccc2)cc1. The van der Waals surface area contributed by atoms with Crippen LogP contribution in [0.2, 0.25) is 0 Å². The van der Waals surface area contributed by atoms with Crippen molar-refractivity contribution >= 4 is 17.1 Å². The zero-order valence-electron chi connectivity index (χ0n) is 14.9. The Labute approximate surface area is 160 Å². The molecule has 0 amide bonds. The van der Waals surface area contributed by atoms with E-state index < -0.39 is 11.7 Å². The molecule has 0 fully saturated rings. The molecule has 0 aliphatic carbocycles. The highest BCUT2D eigenvalue weighted by molar-refractivity contribution is 5.77. The second-order valence-corrected chi connectivity index (χ2v) is 6.14. The summed E-state index contributed by atoms with van der Waals surface area (Å²) >= 11 is 0. The Morgan fingerprint density at radius 3 is 2.32 bits per heavy atom. The average molecular weight is 375 g/mol. The van der Waals surface area contributed by atoms with E-state index in [-0.39, 0.29) is 6.54 Å². The standard InChI is InChI=1S/C22H17NO5/c24-21(14-23-19-8-4-5-9-20(19)28-22(23)25)27-18-12-10-17(11-13-18)26-15-16-6-2-1-3-7-16/h1-13H,14-15H2. The summed E-state index contributed by atoms with van der Waals surface area (Å²) in [5.74, 6) is -0.118. The summed E-state index contributed by atoms with van der Waals surface area (Å²) in [5.41, 5.74) is 2.05. The number of benzene rings is 3. The summed E-state index contributed by atoms with van der Waals surface area (Å²) in [6.07, 6.45) is 0. The van der Waals surface area contributed by atoms with Gasteiger partial charge in [0.2, 0.25) is 0 Å². The van der Waals surface area contributed by atoms with Crippen molar-refractivity contribution in [1.82, 2.24) is 4.57 Å². The molecule has 4 aromatic rings. The second-order valence-electron chi connectivity index (χ2n) is 6.14. The fourth-order valence-electron chi connectivity index (χ4n) is 2.80. The van der Waals surface area contributed by atoms with Crippen LogP contribution >= 0.6 is 0 Å². The number of nitrogens with zero attached hydrogens (tertiary/aromatic N) is 1. The third-order valence-electron chi connectivity index (χ3n) is 4.16. The fourth-order valence-corrected chi connectivity index (χ4v) is 2.80.